The summed E-state index contributed by atoms with van der Waals surface area (Å²) in [5.74, 6) is 0.595. The van der Waals surface area contributed by atoms with Gasteiger partial charge in [-0.15, -0.1) is 0 Å². The number of rotatable bonds is 9. The van der Waals surface area contributed by atoms with E-state index in [-0.39, 0.29) is 17.5 Å². The van der Waals surface area contributed by atoms with Gasteiger partial charge in [-0.25, -0.2) is 13.1 Å². The van der Waals surface area contributed by atoms with Crippen LogP contribution >= 0.6 is 0 Å². The molecule has 7 heteroatoms. The molecule has 0 saturated heterocycles. The van der Waals surface area contributed by atoms with Gasteiger partial charge in [-0.3, -0.25) is 0 Å². The molecule has 1 rings (SSSR count). The molecule has 6 nitrogen and oxygen atoms in total. The molecule has 0 aliphatic heterocycles. The Labute approximate surface area is 120 Å². The Kier molecular flexibility index (Phi) is 6.94. The fourth-order valence-electron chi connectivity index (χ4n) is 1.45. The molecule has 0 spiro atoms. The van der Waals surface area contributed by atoms with Crippen LogP contribution in [0.4, 0.5) is 0 Å². The number of sulfonamides is 1. The largest absolute Gasteiger partial charge is 0.492 e. The van der Waals surface area contributed by atoms with Gasteiger partial charge in [-0.2, -0.15) is 0 Å². The Morgan fingerprint density at radius 3 is 2.40 bits per heavy atom. The highest BCUT2D eigenvalue weighted by molar-refractivity contribution is 7.89. The lowest BCUT2D eigenvalue weighted by molar-refractivity contribution is 0.0834. The number of nitrogens with one attached hydrogen (secondary N) is 1. The summed E-state index contributed by atoms with van der Waals surface area (Å²) in [6.45, 7) is 5.19. The summed E-state index contributed by atoms with van der Waals surface area (Å²) in [6, 6.07) is 6.21. The minimum atomic E-state index is -3.51. The summed E-state index contributed by atoms with van der Waals surface area (Å²) in [5.41, 5.74) is 5.32. The Morgan fingerprint density at radius 1 is 1.20 bits per heavy atom. The molecule has 0 radical (unpaired) electrons. The van der Waals surface area contributed by atoms with Crippen molar-refractivity contribution in [3.63, 3.8) is 0 Å². The first-order valence-electron chi connectivity index (χ1n) is 6.50. The lowest BCUT2D eigenvalue weighted by Crippen LogP contribution is -2.28. The average molecular weight is 302 g/mol. The van der Waals surface area contributed by atoms with Crippen molar-refractivity contribution in [1.29, 1.82) is 0 Å². The van der Waals surface area contributed by atoms with Crippen molar-refractivity contribution >= 4 is 10.0 Å². The molecular weight excluding hydrogens is 280 g/mol. The molecule has 3 N–H and O–H groups in total. The Bertz CT molecular complexity index is 486. The third-order valence-electron chi connectivity index (χ3n) is 2.37. The molecule has 0 unspecified atom stereocenters. The van der Waals surface area contributed by atoms with Gasteiger partial charge in [0.05, 0.1) is 17.6 Å². The highest BCUT2D eigenvalue weighted by Gasteiger charge is 2.13. The van der Waals surface area contributed by atoms with E-state index in [1.165, 1.54) is 12.1 Å². The minimum Gasteiger partial charge on any atom is -0.492 e. The number of nitrogens with two attached hydrogens (primary N) is 1. The van der Waals surface area contributed by atoms with E-state index in [2.05, 4.69) is 4.72 Å². The van der Waals surface area contributed by atoms with Gasteiger partial charge >= 0.3 is 0 Å². The van der Waals surface area contributed by atoms with Crippen molar-refractivity contribution in [3.8, 4) is 5.75 Å². The number of benzene rings is 1. The van der Waals surface area contributed by atoms with Gasteiger partial charge in [-0.1, -0.05) is 0 Å². The van der Waals surface area contributed by atoms with Crippen LogP contribution in [0, 0.1) is 0 Å². The fourth-order valence-corrected chi connectivity index (χ4v) is 2.46. The van der Waals surface area contributed by atoms with E-state index in [0.29, 0.717) is 25.5 Å². The van der Waals surface area contributed by atoms with E-state index >= 15 is 0 Å². The maximum absolute atomic E-state index is 12.0. The molecule has 1 aromatic carbocycles. The first-order valence-corrected chi connectivity index (χ1v) is 7.98. The predicted octanol–water partition coefficient (Wildman–Crippen LogP) is 0.727. The van der Waals surface area contributed by atoms with Gasteiger partial charge < -0.3 is 15.2 Å². The van der Waals surface area contributed by atoms with E-state index < -0.39 is 10.0 Å². The Hall–Kier alpha value is -1.15. The average Bonchev–Trinajstić information content (AvgIpc) is 2.42. The Morgan fingerprint density at radius 2 is 1.85 bits per heavy atom. The predicted molar refractivity (Wildman–Crippen MR) is 77.3 cm³/mol. The minimum absolute atomic E-state index is 0.0819. The molecule has 1 aromatic rings. The van der Waals surface area contributed by atoms with Crippen LogP contribution in [-0.2, 0) is 14.8 Å². The molecule has 0 fully saturated rings. The van der Waals surface area contributed by atoms with Crippen LogP contribution < -0.4 is 15.2 Å². The second kappa shape index (κ2) is 8.21. The molecule has 0 aromatic heterocycles. The highest BCUT2D eigenvalue weighted by Crippen LogP contribution is 2.15. The third kappa shape index (κ3) is 5.87. The van der Waals surface area contributed by atoms with Crippen LogP contribution in [-0.4, -0.2) is 40.8 Å². The summed E-state index contributed by atoms with van der Waals surface area (Å²) < 4.78 is 37.0. The number of hydrogen-bond donors (Lipinski definition) is 2. The summed E-state index contributed by atoms with van der Waals surface area (Å²) in [7, 11) is -3.51. The normalized spacial score (nSPS) is 11.8. The zero-order valence-corrected chi connectivity index (χ0v) is 12.7. The van der Waals surface area contributed by atoms with E-state index in [4.69, 9.17) is 15.2 Å². The summed E-state index contributed by atoms with van der Waals surface area (Å²) in [4.78, 5) is 0.196. The zero-order chi connectivity index (χ0) is 15.0. The first kappa shape index (κ1) is 16.9. The van der Waals surface area contributed by atoms with E-state index in [9.17, 15) is 8.42 Å². The van der Waals surface area contributed by atoms with Crippen molar-refractivity contribution in [2.75, 3.05) is 26.3 Å². The van der Waals surface area contributed by atoms with E-state index in [1.807, 2.05) is 13.8 Å². The lowest BCUT2D eigenvalue weighted by atomic mass is 10.3. The van der Waals surface area contributed by atoms with Crippen molar-refractivity contribution < 1.29 is 17.9 Å². The summed E-state index contributed by atoms with van der Waals surface area (Å²) >= 11 is 0. The van der Waals surface area contributed by atoms with Crippen molar-refractivity contribution in [2.45, 2.75) is 24.8 Å². The smallest absolute Gasteiger partial charge is 0.240 e. The first-order chi connectivity index (χ1) is 9.45. The lowest BCUT2D eigenvalue weighted by Gasteiger charge is -2.10. The summed E-state index contributed by atoms with van der Waals surface area (Å²) in [6.07, 6.45) is 0.0819. The molecule has 0 heterocycles. The zero-order valence-electron chi connectivity index (χ0n) is 11.8. The molecular formula is C13H22N2O4S. The van der Waals surface area contributed by atoms with Crippen LogP contribution in [0.5, 0.6) is 5.75 Å². The topological polar surface area (TPSA) is 90.6 Å². The third-order valence-corrected chi connectivity index (χ3v) is 3.84. The van der Waals surface area contributed by atoms with Gasteiger partial charge in [0.1, 0.15) is 12.4 Å². The quantitative estimate of drug-likeness (QED) is 0.656. The maximum atomic E-state index is 12.0. The fraction of sp³-hybridized carbons (Fsp3) is 0.538. The monoisotopic (exact) mass is 302 g/mol. The maximum Gasteiger partial charge on any atom is 0.240 e. The molecule has 0 bridgehead atoms. The van der Waals surface area contributed by atoms with Crippen LogP contribution in [0.25, 0.3) is 0 Å². The SMILES string of the molecule is CC(C)OCCNS(=O)(=O)c1ccc(OCCN)cc1. The highest BCUT2D eigenvalue weighted by atomic mass is 32.2. The molecule has 0 amide bonds. The molecule has 0 aliphatic rings. The van der Waals surface area contributed by atoms with Crippen molar-refractivity contribution in [1.82, 2.24) is 4.72 Å². The molecule has 0 saturated carbocycles. The number of hydrogen-bond acceptors (Lipinski definition) is 5. The molecule has 20 heavy (non-hydrogen) atoms. The molecule has 0 aliphatic carbocycles. The van der Waals surface area contributed by atoms with Gasteiger partial charge in [0.2, 0.25) is 10.0 Å². The van der Waals surface area contributed by atoms with Gasteiger partial charge in [-0.05, 0) is 38.1 Å². The number of ether oxygens (including phenoxy) is 2. The van der Waals surface area contributed by atoms with Crippen LogP contribution in [0.15, 0.2) is 29.2 Å². The van der Waals surface area contributed by atoms with Crippen LogP contribution in [0.2, 0.25) is 0 Å². The standard InChI is InChI=1S/C13H22N2O4S/c1-11(2)18-10-8-15-20(16,17)13-5-3-12(4-6-13)19-9-7-14/h3-6,11,15H,7-10,14H2,1-2H3. The molecule has 114 valence electrons. The van der Waals surface area contributed by atoms with Crippen LogP contribution in [0.3, 0.4) is 0 Å². The van der Waals surface area contributed by atoms with E-state index in [0.717, 1.165) is 0 Å². The Balaban J connectivity index is 2.54. The van der Waals surface area contributed by atoms with E-state index in [1.54, 1.807) is 12.1 Å². The molecule has 0 atom stereocenters. The van der Waals surface area contributed by atoms with Gasteiger partial charge in [0, 0.05) is 13.1 Å². The van der Waals surface area contributed by atoms with Crippen molar-refractivity contribution in [3.05, 3.63) is 24.3 Å². The van der Waals surface area contributed by atoms with Gasteiger partial charge in [0.15, 0.2) is 0 Å². The van der Waals surface area contributed by atoms with Gasteiger partial charge in [0.25, 0.3) is 0 Å². The van der Waals surface area contributed by atoms with Crippen LogP contribution in [0.1, 0.15) is 13.8 Å². The van der Waals surface area contributed by atoms with Crippen molar-refractivity contribution in [2.24, 2.45) is 5.73 Å². The summed E-state index contributed by atoms with van der Waals surface area (Å²) in [5, 5.41) is 0. The second-order valence-corrected chi connectivity index (χ2v) is 6.19. The second-order valence-electron chi connectivity index (χ2n) is 4.43.